The minimum Gasteiger partial charge on any atom is -0.495 e. The van der Waals surface area contributed by atoms with E-state index >= 15 is 0 Å². The van der Waals surface area contributed by atoms with Gasteiger partial charge in [-0.15, -0.1) is 0 Å². The van der Waals surface area contributed by atoms with E-state index in [9.17, 15) is 0 Å². The van der Waals surface area contributed by atoms with E-state index in [4.69, 9.17) is 28.6 Å². The van der Waals surface area contributed by atoms with Crippen LogP contribution in [0.3, 0.4) is 0 Å². The predicted molar refractivity (Wildman–Crippen MR) is 149 cm³/mol. The van der Waals surface area contributed by atoms with Crippen molar-refractivity contribution in [1.82, 2.24) is 10.3 Å². The maximum absolute atomic E-state index is 6.52. The molecule has 3 heterocycles. The van der Waals surface area contributed by atoms with E-state index in [2.05, 4.69) is 72.2 Å². The van der Waals surface area contributed by atoms with Crippen molar-refractivity contribution in [2.45, 2.75) is 38.4 Å². The second-order valence-electron chi connectivity index (χ2n) is 9.63. The molecule has 2 aromatic carbocycles. The van der Waals surface area contributed by atoms with E-state index in [1.54, 1.807) is 7.11 Å². The van der Waals surface area contributed by atoms with E-state index in [1.165, 1.54) is 16.8 Å². The van der Waals surface area contributed by atoms with Crippen molar-refractivity contribution in [3.05, 3.63) is 88.7 Å². The van der Waals surface area contributed by atoms with Gasteiger partial charge < -0.3 is 19.9 Å². The van der Waals surface area contributed by atoms with E-state index in [1.807, 2.05) is 42.6 Å². The third kappa shape index (κ3) is 4.05. The molecule has 2 atom stereocenters. The van der Waals surface area contributed by atoms with Crippen LogP contribution in [0.1, 0.15) is 49.7 Å². The Labute approximate surface area is 217 Å². The summed E-state index contributed by atoms with van der Waals surface area (Å²) < 4.78 is 5.37. The Balaban J connectivity index is 1.66. The second-order valence-corrected chi connectivity index (χ2v) is 10.4. The Morgan fingerprint density at radius 2 is 1.91 bits per heavy atom. The normalized spacial score (nSPS) is 20.9. The number of allylic oxidation sites excluding steroid dienone is 1. The number of aromatic nitrogens is 1. The van der Waals surface area contributed by atoms with Gasteiger partial charge in [0.25, 0.3) is 0 Å². The Morgan fingerprint density at radius 1 is 1.11 bits per heavy atom. The van der Waals surface area contributed by atoms with Crippen LogP contribution in [0.4, 0.5) is 11.4 Å². The van der Waals surface area contributed by atoms with Gasteiger partial charge in [-0.3, -0.25) is 4.98 Å². The van der Waals surface area contributed by atoms with Crippen LogP contribution in [-0.2, 0) is 0 Å². The molecule has 1 saturated heterocycles. The number of nitrogens with zero attached hydrogens (tertiary/aromatic N) is 3. The lowest BCUT2D eigenvalue weighted by Crippen LogP contribution is -2.42. The van der Waals surface area contributed by atoms with E-state index in [-0.39, 0.29) is 17.6 Å². The summed E-state index contributed by atoms with van der Waals surface area (Å²) >= 11 is 12.4. The number of benzene rings is 2. The van der Waals surface area contributed by atoms with Gasteiger partial charge in [-0.05, 0) is 86.6 Å². The molecule has 0 bridgehead atoms. The van der Waals surface area contributed by atoms with Crippen molar-refractivity contribution >= 4 is 45.9 Å². The molecule has 7 heteroatoms. The van der Waals surface area contributed by atoms with Crippen molar-refractivity contribution in [1.29, 1.82) is 0 Å². The number of thiocarbonyl (C=S) groups is 1. The summed E-state index contributed by atoms with van der Waals surface area (Å²) in [5, 5.41) is 4.70. The van der Waals surface area contributed by atoms with Crippen molar-refractivity contribution < 1.29 is 4.74 Å². The number of methoxy groups -OCH3 is 1. The maximum atomic E-state index is 6.52. The third-order valence-corrected chi connectivity index (χ3v) is 7.70. The van der Waals surface area contributed by atoms with Crippen LogP contribution in [0.2, 0.25) is 5.02 Å². The first-order chi connectivity index (χ1) is 16.7. The van der Waals surface area contributed by atoms with Crippen molar-refractivity contribution in [2.24, 2.45) is 0 Å². The SMILES string of the molecule is COc1ccc(N2C(=S)NC(c3ccccn3)C2c2ccc3c(c2)C(C)=CC(C)(C)N3C)cc1Cl. The molecular formula is C28H29ClN4OS. The zero-order valence-electron chi connectivity index (χ0n) is 20.5. The molecule has 0 aliphatic carbocycles. The highest BCUT2D eigenvalue weighted by atomic mass is 35.5. The third-order valence-electron chi connectivity index (χ3n) is 7.09. The Hall–Kier alpha value is -3.09. The van der Waals surface area contributed by atoms with Gasteiger partial charge in [0.15, 0.2) is 5.11 Å². The molecule has 2 unspecified atom stereocenters. The number of likely N-dealkylation sites (N-methyl/N-ethyl adjacent to an activating group) is 1. The van der Waals surface area contributed by atoms with E-state index in [0.29, 0.717) is 15.9 Å². The zero-order chi connectivity index (χ0) is 24.9. The molecule has 0 saturated carbocycles. The van der Waals surface area contributed by atoms with Crippen LogP contribution >= 0.6 is 23.8 Å². The molecule has 35 heavy (non-hydrogen) atoms. The molecule has 0 radical (unpaired) electrons. The quantitative estimate of drug-likeness (QED) is 0.406. The summed E-state index contributed by atoms with van der Waals surface area (Å²) in [5.41, 5.74) is 6.67. The summed E-state index contributed by atoms with van der Waals surface area (Å²) in [4.78, 5) is 9.13. The minimum atomic E-state index is -0.121. The summed E-state index contributed by atoms with van der Waals surface area (Å²) in [6.07, 6.45) is 4.15. The molecule has 1 aromatic heterocycles. The van der Waals surface area contributed by atoms with Gasteiger partial charge in [0.1, 0.15) is 5.75 Å². The number of ether oxygens (including phenoxy) is 1. The van der Waals surface area contributed by atoms with Crippen LogP contribution in [0.25, 0.3) is 5.57 Å². The number of hydrogen-bond donors (Lipinski definition) is 1. The van der Waals surface area contributed by atoms with Crippen molar-refractivity contribution in [3.8, 4) is 5.75 Å². The molecule has 3 aromatic rings. The molecule has 5 rings (SSSR count). The molecule has 2 aliphatic rings. The fourth-order valence-electron chi connectivity index (χ4n) is 5.14. The van der Waals surface area contributed by atoms with Gasteiger partial charge in [0.2, 0.25) is 0 Å². The fraction of sp³-hybridized carbons (Fsp3) is 0.286. The molecule has 1 N–H and O–H groups in total. The molecule has 5 nitrogen and oxygen atoms in total. The topological polar surface area (TPSA) is 40.6 Å². The smallest absolute Gasteiger partial charge is 0.174 e. The minimum absolute atomic E-state index is 0.0442. The number of rotatable bonds is 4. The van der Waals surface area contributed by atoms with Crippen LogP contribution in [0.5, 0.6) is 5.75 Å². The van der Waals surface area contributed by atoms with Gasteiger partial charge in [-0.25, -0.2) is 0 Å². The van der Waals surface area contributed by atoms with Gasteiger partial charge in [0, 0.05) is 30.2 Å². The molecule has 0 spiro atoms. The highest BCUT2D eigenvalue weighted by molar-refractivity contribution is 7.80. The first-order valence-electron chi connectivity index (χ1n) is 11.6. The summed E-state index contributed by atoms with van der Waals surface area (Å²) in [5.74, 6) is 0.631. The molecule has 180 valence electrons. The summed E-state index contributed by atoms with van der Waals surface area (Å²) in [6, 6.07) is 18.2. The summed E-state index contributed by atoms with van der Waals surface area (Å²) in [6.45, 7) is 6.66. The molecule has 0 amide bonds. The van der Waals surface area contributed by atoms with Gasteiger partial charge in [-0.2, -0.15) is 0 Å². The van der Waals surface area contributed by atoms with E-state index < -0.39 is 0 Å². The number of anilines is 2. The monoisotopic (exact) mass is 504 g/mol. The number of fused-ring (bicyclic) bond motifs is 1. The lowest BCUT2D eigenvalue weighted by atomic mass is 9.86. The number of hydrogen-bond acceptors (Lipinski definition) is 4. The zero-order valence-corrected chi connectivity index (χ0v) is 22.1. The highest BCUT2D eigenvalue weighted by Crippen LogP contribution is 2.45. The van der Waals surface area contributed by atoms with Gasteiger partial charge in [-0.1, -0.05) is 29.8 Å². The van der Waals surface area contributed by atoms with Crippen LogP contribution in [0, 0.1) is 0 Å². The number of pyridine rings is 1. The van der Waals surface area contributed by atoms with Crippen LogP contribution in [-0.4, -0.2) is 29.8 Å². The van der Waals surface area contributed by atoms with Crippen molar-refractivity contribution in [2.75, 3.05) is 24.0 Å². The number of halogens is 1. The number of nitrogens with one attached hydrogen (secondary N) is 1. The largest absolute Gasteiger partial charge is 0.495 e. The van der Waals surface area contributed by atoms with Crippen LogP contribution < -0.4 is 19.9 Å². The highest BCUT2D eigenvalue weighted by Gasteiger charge is 2.41. The predicted octanol–water partition coefficient (Wildman–Crippen LogP) is 6.55. The Bertz CT molecular complexity index is 1320. The van der Waals surface area contributed by atoms with Gasteiger partial charge in [0.05, 0.1) is 35.4 Å². The molecule has 1 fully saturated rings. The molecular weight excluding hydrogens is 476 g/mol. The fourth-order valence-corrected chi connectivity index (χ4v) is 5.74. The molecule has 2 aliphatic heterocycles. The van der Waals surface area contributed by atoms with Crippen LogP contribution in [0.15, 0.2) is 66.9 Å². The average Bonchev–Trinajstić information content (AvgIpc) is 3.19. The lowest BCUT2D eigenvalue weighted by Gasteiger charge is -2.41. The standard InChI is InChI=1S/C28H29ClN4OS/c1-17-16-28(2,3)32(4)23-11-9-18(14-20(17)23)26-25(22-8-6-7-13-30-22)31-27(35)33(26)19-10-12-24(34-5)21(29)15-19/h6-16,25-26H,1-5H3,(H,31,35). The van der Waals surface area contributed by atoms with Crippen molar-refractivity contribution in [3.63, 3.8) is 0 Å². The Kier molecular flexibility index (Phi) is 5.98. The lowest BCUT2D eigenvalue weighted by molar-refractivity contribution is 0.415. The summed E-state index contributed by atoms with van der Waals surface area (Å²) in [7, 11) is 3.76. The van der Waals surface area contributed by atoms with Gasteiger partial charge >= 0.3 is 0 Å². The van der Waals surface area contributed by atoms with E-state index in [0.717, 1.165) is 16.9 Å². The first-order valence-corrected chi connectivity index (χ1v) is 12.4. The first kappa shape index (κ1) is 23.6. The Morgan fingerprint density at radius 3 is 2.60 bits per heavy atom. The second kappa shape index (κ2) is 8.85. The average molecular weight is 505 g/mol. The maximum Gasteiger partial charge on any atom is 0.174 e.